The highest BCUT2D eigenvalue weighted by Gasteiger charge is 2.10. The monoisotopic (exact) mass is 373 g/mol. The summed E-state index contributed by atoms with van der Waals surface area (Å²) in [7, 11) is 0. The van der Waals surface area contributed by atoms with Crippen LogP contribution in [-0.4, -0.2) is 24.3 Å². The number of amides is 3. The minimum absolute atomic E-state index is 0.256. The first-order chi connectivity index (χ1) is 13.6. The van der Waals surface area contributed by atoms with Gasteiger partial charge in [0.25, 0.3) is 17.7 Å². The van der Waals surface area contributed by atoms with Gasteiger partial charge in [0.05, 0.1) is 6.54 Å². The lowest BCUT2D eigenvalue weighted by Gasteiger charge is -2.09. The Balaban J connectivity index is 1.47. The Labute approximate surface area is 162 Å². The first-order valence-electron chi connectivity index (χ1n) is 8.71. The van der Waals surface area contributed by atoms with Gasteiger partial charge in [-0.15, -0.1) is 0 Å². The average molecular weight is 373 g/mol. The lowest BCUT2D eigenvalue weighted by atomic mass is 10.0. The molecule has 3 amide bonds. The molecule has 0 bridgehead atoms. The molecule has 0 fully saturated rings. The Bertz CT molecular complexity index is 955. The number of benzene rings is 3. The minimum Gasteiger partial charge on any atom is -0.343 e. The van der Waals surface area contributed by atoms with E-state index in [1.54, 1.807) is 42.5 Å². The Kier molecular flexibility index (Phi) is 6.15. The molecule has 0 unspecified atom stereocenters. The average Bonchev–Trinajstić information content (AvgIpc) is 2.77. The van der Waals surface area contributed by atoms with Crippen LogP contribution in [-0.2, 0) is 4.79 Å². The highest BCUT2D eigenvalue weighted by molar-refractivity contribution is 5.98. The molecule has 0 saturated carbocycles. The summed E-state index contributed by atoms with van der Waals surface area (Å²) in [6, 6.07) is 25.4. The molecule has 0 aliphatic heterocycles. The van der Waals surface area contributed by atoms with Crippen molar-refractivity contribution in [3.8, 4) is 11.1 Å². The van der Waals surface area contributed by atoms with Crippen LogP contribution < -0.4 is 16.2 Å². The summed E-state index contributed by atoms with van der Waals surface area (Å²) in [5.74, 6) is -1.33. The van der Waals surface area contributed by atoms with Gasteiger partial charge in [-0.2, -0.15) is 0 Å². The van der Waals surface area contributed by atoms with E-state index in [1.807, 2.05) is 42.5 Å². The summed E-state index contributed by atoms with van der Waals surface area (Å²) in [5, 5.41) is 2.52. The van der Waals surface area contributed by atoms with Gasteiger partial charge in [-0.1, -0.05) is 60.7 Å². The molecule has 6 heteroatoms. The van der Waals surface area contributed by atoms with Crippen LogP contribution in [0.15, 0.2) is 84.9 Å². The number of carbonyl (C=O) groups is 3. The van der Waals surface area contributed by atoms with Crippen molar-refractivity contribution in [1.82, 2.24) is 16.2 Å². The van der Waals surface area contributed by atoms with Crippen LogP contribution in [0.25, 0.3) is 11.1 Å². The summed E-state index contributed by atoms with van der Waals surface area (Å²) in [6.45, 7) is -0.256. The summed E-state index contributed by atoms with van der Waals surface area (Å²) in [5.41, 5.74) is 7.49. The first kappa shape index (κ1) is 18.8. The number of nitrogens with one attached hydrogen (secondary N) is 3. The van der Waals surface area contributed by atoms with Crippen LogP contribution in [0.1, 0.15) is 20.7 Å². The third kappa shape index (κ3) is 5.04. The quantitative estimate of drug-likeness (QED) is 0.601. The van der Waals surface area contributed by atoms with Gasteiger partial charge >= 0.3 is 0 Å². The zero-order valence-corrected chi connectivity index (χ0v) is 15.0. The van der Waals surface area contributed by atoms with Gasteiger partial charge in [0, 0.05) is 11.1 Å². The Morgan fingerprint density at radius 1 is 0.571 bits per heavy atom. The van der Waals surface area contributed by atoms with Crippen molar-refractivity contribution >= 4 is 17.7 Å². The number of hydrogen-bond donors (Lipinski definition) is 3. The number of rotatable bonds is 5. The van der Waals surface area contributed by atoms with E-state index in [0.29, 0.717) is 11.1 Å². The second-order valence-corrected chi connectivity index (χ2v) is 5.99. The van der Waals surface area contributed by atoms with Gasteiger partial charge in [-0.05, 0) is 35.4 Å². The van der Waals surface area contributed by atoms with Gasteiger partial charge in [0.1, 0.15) is 0 Å². The third-order valence-corrected chi connectivity index (χ3v) is 4.02. The van der Waals surface area contributed by atoms with Crippen molar-refractivity contribution < 1.29 is 14.4 Å². The summed E-state index contributed by atoms with van der Waals surface area (Å²) in [4.78, 5) is 35.8. The summed E-state index contributed by atoms with van der Waals surface area (Å²) >= 11 is 0. The van der Waals surface area contributed by atoms with Crippen LogP contribution in [0.4, 0.5) is 0 Å². The SMILES string of the molecule is O=C(CNC(=O)c1ccc(-c2ccccc2)cc1)NNC(=O)c1ccccc1. The molecular formula is C22H19N3O3. The molecule has 28 heavy (non-hydrogen) atoms. The molecule has 0 spiro atoms. The van der Waals surface area contributed by atoms with Crippen LogP contribution >= 0.6 is 0 Å². The maximum absolute atomic E-state index is 12.2. The van der Waals surface area contributed by atoms with Crippen LogP contribution in [0, 0.1) is 0 Å². The topological polar surface area (TPSA) is 87.3 Å². The maximum atomic E-state index is 12.2. The molecule has 140 valence electrons. The summed E-state index contributed by atoms with van der Waals surface area (Å²) < 4.78 is 0. The fourth-order valence-electron chi connectivity index (χ4n) is 2.54. The van der Waals surface area contributed by atoms with E-state index in [0.717, 1.165) is 11.1 Å². The Morgan fingerprint density at radius 3 is 1.75 bits per heavy atom. The van der Waals surface area contributed by atoms with Crippen molar-refractivity contribution in [1.29, 1.82) is 0 Å². The molecule has 3 aromatic rings. The number of hydrogen-bond acceptors (Lipinski definition) is 3. The van der Waals surface area contributed by atoms with Gasteiger partial charge in [-0.3, -0.25) is 25.2 Å². The van der Waals surface area contributed by atoms with Crippen molar-refractivity contribution in [3.05, 3.63) is 96.1 Å². The zero-order chi connectivity index (χ0) is 19.8. The molecule has 0 radical (unpaired) electrons. The van der Waals surface area contributed by atoms with Gasteiger partial charge in [-0.25, -0.2) is 0 Å². The van der Waals surface area contributed by atoms with E-state index in [2.05, 4.69) is 16.2 Å². The highest BCUT2D eigenvalue weighted by Crippen LogP contribution is 2.19. The highest BCUT2D eigenvalue weighted by atomic mass is 16.2. The molecule has 6 nitrogen and oxygen atoms in total. The normalized spacial score (nSPS) is 10.0. The predicted octanol–water partition coefficient (Wildman–Crippen LogP) is 2.54. The van der Waals surface area contributed by atoms with E-state index in [4.69, 9.17) is 0 Å². The zero-order valence-electron chi connectivity index (χ0n) is 15.0. The number of carbonyl (C=O) groups excluding carboxylic acids is 3. The fourth-order valence-corrected chi connectivity index (χ4v) is 2.54. The Morgan fingerprint density at radius 2 is 1.11 bits per heavy atom. The standard InChI is InChI=1S/C22H19N3O3/c26-20(24-25-22(28)18-9-5-2-6-10-18)15-23-21(27)19-13-11-17(12-14-19)16-7-3-1-4-8-16/h1-14H,15H2,(H,23,27)(H,24,26)(H,25,28). The van der Waals surface area contributed by atoms with Crippen molar-refractivity contribution in [2.45, 2.75) is 0 Å². The van der Waals surface area contributed by atoms with E-state index in [-0.39, 0.29) is 12.5 Å². The fraction of sp³-hybridized carbons (Fsp3) is 0.0455. The molecule has 0 atom stereocenters. The molecule has 0 saturated heterocycles. The molecule has 0 heterocycles. The Hall–Kier alpha value is -3.93. The van der Waals surface area contributed by atoms with Crippen molar-refractivity contribution in [2.75, 3.05) is 6.54 Å². The van der Waals surface area contributed by atoms with Crippen LogP contribution in [0.3, 0.4) is 0 Å². The summed E-state index contributed by atoms with van der Waals surface area (Å²) in [6.07, 6.45) is 0. The van der Waals surface area contributed by atoms with Crippen LogP contribution in [0.2, 0.25) is 0 Å². The molecule has 3 N–H and O–H groups in total. The predicted molar refractivity (Wildman–Crippen MR) is 106 cm³/mol. The van der Waals surface area contributed by atoms with E-state index >= 15 is 0 Å². The molecule has 0 aliphatic carbocycles. The van der Waals surface area contributed by atoms with E-state index in [9.17, 15) is 14.4 Å². The second kappa shape index (κ2) is 9.14. The second-order valence-electron chi connectivity index (χ2n) is 5.99. The number of hydrazine groups is 1. The first-order valence-corrected chi connectivity index (χ1v) is 8.71. The lowest BCUT2D eigenvalue weighted by molar-refractivity contribution is -0.120. The van der Waals surface area contributed by atoms with E-state index in [1.165, 1.54) is 0 Å². The van der Waals surface area contributed by atoms with Gasteiger partial charge in [0.2, 0.25) is 0 Å². The van der Waals surface area contributed by atoms with Crippen molar-refractivity contribution in [3.63, 3.8) is 0 Å². The molecule has 3 rings (SSSR count). The molecule has 0 aromatic heterocycles. The maximum Gasteiger partial charge on any atom is 0.269 e. The smallest absolute Gasteiger partial charge is 0.269 e. The lowest BCUT2D eigenvalue weighted by Crippen LogP contribution is -2.46. The van der Waals surface area contributed by atoms with E-state index < -0.39 is 11.8 Å². The van der Waals surface area contributed by atoms with Crippen molar-refractivity contribution in [2.24, 2.45) is 0 Å². The third-order valence-electron chi connectivity index (χ3n) is 4.02. The van der Waals surface area contributed by atoms with Gasteiger partial charge in [0.15, 0.2) is 0 Å². The molecule has 0 aliphatic rings. The van der Waals surface area contributed by atoms with Crippen LogP contribution in [0.5, 0.6) is 0 Å². The van der Waals surface area contributed by atoms with Gasteiger partial charge < -0.3 is 5.32 Å². The minimum atomic E-state index is -0.529. The molecule has 3 aromatic carbocycles. The largest absolute Gasteiger partial charge is 0.343 e. The molecular weight excluding hydrogens is 354 g/mol.